The molecule has 0 saturated heterocycles. The van der Waals surface area contributed by atoms with Crippen LogP contribution in [-0.4, -0.2) is 32.2 Å². The van der Waals surface area contributed by atoms with E-state index in [0.717, 1.165) is 6.42 Å². The maximum absolute atomic E-state index is 12.3. The second-order valence-electron chi connectivity index (χ2n) is 6.38. The predicted molar refractivity (Wildman–Crippen MR) is 94.9 cm³/mol. The number of esters is 1. The third-order valence-electron chi connectivity index (χ3n) is 4.57. The zero-order chi connectivity index (χ0) is 18.2. The second kappa shape index (κ2) is 9.30. The molecule has 6 heteroatoms. The maximum Gasteiger partial charge on any atom is 0.306 e. The van der Waals surface area contributed by atoms with E-state index in [2.05, 4.69) is 5.32 Å². The summed E-state index contributed by atoms with van der Waals surface area (Å²) in [6.45, 7) is 1.56. The van der Waals surface area contributed by atoms with E-state index in [1.54, 1.807) is 32.2 Å². The lowest BCUT2D eigenvalue weighted by Crippen LogP contribution is -2.30. The fraction of sp³-hybridized carbons (Fsp3) is 0.579. The first-order chi connectivity index (χ1) is 12.0. The molecule has 0 spiro atoms. The second-order valence-corrected chi connectivity index (χ2v) is 6.38. The molecule has 1 aliphatic carbocycles. The van der Waals surface area contributed by atoms with E-state index >= 15 is 0 Å². The van der Waals surface area contributed by atoms with Gasteiger partial charge in [0.15, 0.2) is 6.10 Å². The Labute approximate surface area is 148 Å². The first kappa shape index (κ1) is 19.1. The fourth-order valence-corrected chi connectivity index (χ4v) is 3.08. The molecule has 0 heterocycles. The SMILES string of the molecule is COc1ccc(OC)c(NC(=O)C(C)OC(=O)CCC2CCCC2)c1. The molecule has 25 heavy (non-hydrogen) atoms. The van der Waals surface area contributed by atoms with Crippen molar-refractivity contribution < 1.29 is 23.8 Å². The van der Waals surface area contributed by atoms with E-state index in [1.807, 2.05) is 0 Å². The third-order valence-corrected chi connectivity index (χ3v) is 4.57. The van der Waals surface area contributed by atoms with Gasteiger partial charge in [-0.15, -0.1) is 0 Å². The third kappa shape index (κ3) is 5.66. The van der Waals surface area contributed by atoms with Crippen LogP contribution in [0.25, 0.3) is 0 Å². The number of nitrogens with one attached hydrogen (secondary N) is 1. The molecule has 6 nitrogen and oxygen atoms in total. The molecule has 2 rings (SSSR count). The highest BCUT2D eigenvalue weighted by Crippen LogP contribution is 2.30. The monoisotopic (exact) mass is 349 g/mol. The molecule has 0 aliphatic heterocycles. The van der Waals surface area contributed by atoms with Gasteiger partial charge in [0, 0.05) is 12.5 Å². The van der Waals surface area contributed by atoms with Crippen molar-refractivity contribution in [2.24, 2.45) is 5.92 Å². The Bertz CT molecular complexity index is 595. The molecule has 138 valence electrons. The molecule has 1 unspecified atom stereocenters. The summed E-state index contributed by atoms with van der Waals surface area (Å²) < 4.78 is 15.6. The van der Waals surface area contributed by atoms with Crippen molar-refractivity contribution in [1.82, 2.24) is 0 Å². The van der Waals surface area contributed by atoms with Gasteiger partial charge in [-0.25, -0.2) is 0 Å². The first-order valence-corrected chi connectivity index (χ1v) is 8.76. The summed E-state index contributed by atoms with van der Waals surface area (Å²) in [6.07, 6.45) is 5.23. The maximum atomic E-state index is 12.3. The molecular weight excluding hydrogens is 322 g/mol. The van der Waals surface area contributed by atoms with E-state index in [9.17, 15) is 9.59 Å². The molecule has 1 aliphatic rings. The number of carbonyl (C=O) groups is 2. The van der Waals surface area contributed by atoms with Gasteiger partial charge in [0.1, 0.15) is 11.5 Å². The number of benzene rings is 1. The van der Waals surface area contributed by atoms with Gasteiger partial charge >= 0.3 is 5.97 Å². The molecule has 0 bridgehead atoms. The smallest absolute Gasteiger partial charge is 0.306 e. The Hall–Kier alpha value is -2.24. The average molecular weight is 349 g/mol. The Balaban J connectivity index is 1.85. The molecule has 1 saturated carbocycles. The van der Waals surface area contributed by atoms with Crippen LogP contribution in [0.5, 0.6) is 11.5 Å². The Morgan fingerprint density at radius 1 is 1.20 bits per heavy atom. The van der Waals surface area contributed by atoms with Crippen LogP contribution in [0.2, 0.25) is 0 Å². The van der Waals surface area contributed by atoms with Crippen LogP contribution >= 0.6 is 0 Å². The van der Waals surface area contributed by atoms with Crippen molar-refractivity contribution in [2.45, 2.75) is 51.6 Å². The Morgan fingerprint density at radius 3 is 2.56 bits per heavy atom. The van der Waals surface area contributed by atoms with E-state index in [1.165, 1.54) is 32.8 Å². The number of carbonyl (C=O) groups excluding carboxylic acids is 2. The molecule has 0 aromatic heterocycles. The minimum Gasteiger partial charge on any atom is -0.497 e. The van der Waals surface area contributed by atoms with Crippen LogP contribution in [0.4, 0.5) is 5.69 Å². The summed E-state index contributed by atoms with van der Waals surface area (Å²) in [4.78, 5) is 24.2. The number of ether oxygens (including phenoxy) is 3. The molecule has 1 N–H and O–H groups in total. The number of anilines is 1. The Kier molecular flexibility index (Phi) is 7.10. The number of methoxy groups -OCH3 is 2. The van der Waals surface area contributed by atoms with Crippen LogP contribution < -0.4 is 14.8 Å². The summed E-state index contributed by atoms with van der Waals surface area (Å²) in [6, 6.07) is 5.10. The van der Waals surface area contributed by atoms with Gasteiger partial charge in [-0.2, -0.15) is 0 Å². The summed E-state index contributed by atoms with van der Waals surface area (Å²) >= 11 is 0. The molecule has 1 aromatic rings. The summed E-state index contributed by atoms with van der Waals surface area (Å²) in [5, 5.41) is 2.72. The number of amides is 1. The first-order valence-electron chi connectivity index (χ1n) is 8.76. The molecule has 1 atom stereocenters. The normalized spacial score (nSPS) is 15.5. The van der Waals surface area contributed by atoms with Crippen molar-refractivity contribution >= 4 is 17.6 Å². The lowest BCUT2D eigenvalue weighted by Gasteiger charge is -2.16. The standard InChI is InChI=1S/C19H27NO5/c1-13(25-18(21)11-8-14-6-4-5-7-14)19(22)20-16-12-15(23-2)9-10-17(16)24-3/h9-10,12-14H,4-8,11H2,1-3H3,(H,20,22). The van der Waals surface area contributed by atoms with Gasteiger partial charge in [-0.1, -0.05) is 25.7 Å². The van der Waals surface area contributed by atoms with Gasteiger partial charge in [0.2, 0.25) is 0 Å². The minimum absolute atomic E-state index is 0.327. The quantitative estimate of drug-likeness (QED) is 0.727. The van der Waals surface area contributed by atoms with Crippen molar-refractivity contribution in [3.05, 3.63) is 18.2 Å². The van der Waals surface area contributed by atoms with Crippen molar-refractivity contribution in [3.63, 3.8) is 0 Å². The van der Waals surface area contributed by atoms with Crippen molar-refractivity contribution in [3.8, 4) is 11.5 Å². The van der Waals surface area contributed by atoms with Gasteiger partial charge in [0.05, 0.1) is 19.9 Å². The molecule has 1 aromatic carbocycles. The fourth-order valence-electron chi connectivity index (χ4n) is 3.08. The summed E-state index contributed by atoms with van der Waals surface area (Å²) in [5.74, 6) is 0.997. The van der Waals surface area contributed by atoms with Gasteiger partial charge in [-0.3, -0.25) is 9.59 Å². The van der Waals surface area contributed by atoms with Crippen LogP contribution in [-0.2, 0) is 14.3 Å². The van der Waals surface area contributed by atoms with Crippen LogP contribution in [0.1, 0.15) is 45.4 Å². The largest absolute Gasteiger partial charge is 0.497 e. The van der Waals surface area contributed by atoms with E-state index in [0.29, 0.717) is 29.5 Å². The highest BCUT2D eigenvalue weighted by atomic mass is 16.5. The number of hydrogen-bond donors (Lipinski definition) is 1. The molecule has 0 radical (unpaired) electrons. The summed E-state index contributed by atoms with van der Waals surface area (Å²) in [7, 11) is 3.06. The number of hydrogen-bond acceptors (Lipinski definition) is 5. The van der Waals surface area contributed by atoms with Crippen LogP contribution in [0.3, 0.4) is 0 Å². The van der Waals surface area contributed by atoms with Crippen LogP contribution in [0.15, 0.2) is 18.2 Å². The van der Waals surface area contributed by atoms with Gasteiger partial charge in [0.25, 0.3) is 5.91 Å². The van der Waals surface area contributed by atoms with Gasteiger partial charge in [-0.05, 0) is 31.4 Å². The lowest BCUT2D eigenvalue weighted by molar-refractivity contribution is -0.153. The topological polar surface area (TPSA) is 73.9 Å². The highest BCUT2D eigenvalue weighted by Gasteiger charge is 2.21. The van der Waals surface area contributed by atoms with E-state index in [4.69, 9.17) is 14.2 Å². The van der Waals surface area contributed by atoms with Gasteiger partial charge < -0.3 is 19.5 Å². The molecule has 1 amide bonds. The lowest BCUT2D eigenvalue weighted by atomic mass is 10.0. The Morgan fingerprint density at radius 2 is 1.92 bits per heavy atom. The molecule has 1 fully saturated rings. The zero-order valence-electron chi connectivity index (χ0n) is 15.2. The minimum atomic E-state index is -0.869. The zero-order valence-corrected chi connectivity index (χ0v) is 15.2. The molecular formula is C19H27NO5. The van der Waals surface area contributed by atoms with Crippen LogP contribution in [0, 0.1) is 5.92 Å². The van der Waals surface area contributed by atoms with Crippen molar-refractivity contribution in [2.75, 3.05) is 19.5 Å². The predicted octanol–water partition coefficient (Wildman–Crippen LogP) is 3.54. The average Bonchev–Trinajstić information content (AvgIpc) is 3.13. The summed E-state index contributed by atoms with van der Waals surface area (Å²) in [5.41, 5.74) is 0.473. The van der Waals surface area contributed by atoms with E-state index < -0.39 is 12.0 Å². The van der Waals surface area contributed by atoms with Crippen molar-refractivity contribution in [1.29, 1.82) is 0 Å². The highest BCUT2D eigenvalue weighted by molar-refractivity contribution is 5.96. The number of rotatable bonds is 8. The van der Waals surface area contributed by atoms with E-state index in [-0.39, 0.29) is 5.97 Å².